The number of aromatic nitrogens is 4. The van der Waals surface area contributed by atoms with E-state index < -0.39 is 5.92 Å². The summed E-state index contributed by atoms with van der Waals surface area (Å²) in [7, 11) is 1.58. The van der Waals surface area contributed by atoms with Crippen LogP contribution in [0, 0.1) is 13.8 Å². The molecule has 0 bridgehead atoms. The number of hydrogen-bond acceptors (Lipinski definition) is 6. The van der Waals surface area contributed by atoms with Gasteiger partial charge in [0, 0.05) is 54.5 Å². The van der Waals surface area contributed by atoms with Crippen molar-refractivity contribution in [1.82, 2.24) is 19.6 Å². The summed E-state index contributed by atoms with van der Waals surface area (Å²) in [6.45, 7) is 4.09. The van der Waals surface area contributed by atoms with Crippen LogP contribution in [0.2, 0.25) is 0 Å². The predicted octanol–water partition coefficient (Wildman–Crippen LogP) is 5.04. The van der Waals surface area contributed by atoms with Crippen LogP contribution < -0.4 is 10.3 Å². The van der Waals surface area contributed by atoms with Gasteiger partial charge in [-0.25, -0.2) is 18.7 Å². The molecule has 3 aromatic heterocycles. The molecule has 1 saturated heterocycles. The molecule has 186 valence electrons. The van der Waals surface area contributed by atoms with Crippen molar-refractivity contribution in [2.24, 2.45) is 0 Å². The second-order valence-corrected chi connectivity index (χ2v) is 9.73. The molecule has 1 saturated carbocycles. The number of rotatable bonds is 4. The average molecular weight is 485 g/mol. The van der Waals surface area contributed by atoms with Crippen molar-refractivity contribution >= 4 is 5.65 Å². The van der Waals surface area contributed by atoms with Gasteiger partial charge in [-0.3, -0.25) is 4.79 Å². The first-order valence-electron chi connectivity index (χ1n) is 12.2. The minimum Gasteiger partial charge on any atom is -0.481 e. The summed E-state index contributed by atoms with van der Waals surface area (Å²) >= 11 is 0. The SMILES string of the molecule is COc1cc([C@H]2C[C@@H](c3cc(C4CCC(F)(F)CC4)c4nc(C)c(C)c(=O)n4n3)CCO2)ccn1. The summed E-state index contributed by atoms with van der Waals surface area (Å²) in [5.41, 5.74) is 4.07. The van der Waals surface area contributed by atoms with Crippen molar-refractivity contribution in [3.8, 4) is 5.88 Å². The van der Waals surface area contributed by atoms with E-state index >= 15 is 0 Å². The molecular formula is C26H30F2N4O3. The minimum atomic E-state index is -2.63. The molecule has 0 spiro atoms. The first-order chi connectivity index (χ1) is 16.8. The normalized spacial score (nSPS) is 22.9. The Bertz CT molecular complexity index is 1300. The lowest BCUT2D eigenvalue weighted by Gasteiger charge is -2.31. The molecule has 0 N–H and O–H groups in total. The third-order valence-electron chi connectivity index (χ3n) is 7.51. The molecule has 2 aliphatic rings. The summed E-state index contributed by atoms with van der Waals surface area (Å²) in [5.74, 6) is -2.13. The fourth-order valence-electron chi connectivity index (χ4n) is 5.23. The number of fused-ring (bicyclic) bond motifs is 1. The third kappa shape index (κ3) is 4.66. The van der Waals surface area contributed by atoms with Crippen LogP contribution in [-0.2, 0) is 4.74 Å². The van der Waals surface area contributed by atoms with E-state index in [1.807, 2.05) is 18.2 Å². The molecule has 35 heavy (non-hydrogen) atoms. The number of hydrogen-bond donors (Lipinski definition) is 0. The first kappa shape index (κ1) is 23.8. The lowest BCUT2D eigenvalue weighted by Crippen LogP contribution is -2.28. The Morgan fingerprint density at radius 2 is 1.91 bits per heavy atom. The van der Waals surface area contributed by atoms with Crippen LogP contribution >= 0.6 is 0 Å². The summed E-state index contributed by atoms with van der Waals surface area (Å²) in [6, 6.07) is 5.79. The number of halogens is 2. The van der Waals surface area contributed by atoms with Gasteiger partial charge in [0.2, 0.25) is 11.8 Å². The van der Waals surface area contributed by atoms with Gasteiger partial charge in [-0.05, 0) is 63.1 Å². The van der Waals surface area contributed by atoms with Crippen LogP contribution in [0.4, 0.5) is 8.78 Å². The highest BCUT2D eigenvalue weighted by Gasteiger charge is 2.37. The van der Waals surface area contributed by atoms with Crippen LogP contribution in [0.15, 0.2) is 29.2 Å². The van der Waals surface area contributed by atoms with Gasteiger partial charge in [0.15, 0.2) is 5.65 Å². The standard InChI is InChI=1S/C26H30F2N4O3/c1-15-16(2)30-24-20(17-4-8-26(27,28)9-5-17)14-21(31-32(24)25(15)33)18-7-11-35-22(12-18)19-6-10-29-23(13-19)34-3/h6,10,13-14,17-18,22H,4-5,7-9,11-12H2,1-3H3/t18-,22+/m0/s1. The summed E-state index contributed by atoms with van der Waals surface area (Å²) in [4.78, 5) is 22.0. The van der Waals surface area contributed by atoms with E-state index in [2.05, 4.69) is 9.97 Å². The molecule has 1 aliphatic carbocycles. The lowest BCUT2D eigenvalue weighted by atomic mass is 9.81. The molecule has 5 rings (SSSR count). The van der Waals surface area contributed by atoms with Crippen LogP contribution in [0.3, 0.4) is 0 Å². The van der Waals surface area contributed by atoms with Gasteiger partial charge in [0.05, 0.1) is 18.9 Å². The molecular weight excluding hydrogens is 454 g/mol. The number of aryl methyl sites for hydroxylation is 1. The molecule has 0 radical (unpaired) electrons. The Labute approximate surface area is 202 Å². The average Bonchev–Trinajstić information content (AvgIpc) is 2.87. The van der Waals surface area contributed by atoms with E-state index in [0.29, 0.717) is 48.7 Å². The molecule has 0 amide bonds. The minimum absolute atomic E-state index is 0.0506. The van der Waals surface area contributed by atoms with Crippen LogP contribution in [0.1, 0.15) is 84.5 Å². The fraction of sp³-hybridized carbons (Fsp3) is 0.538. The van der Waals surface area contributed by atoms with Gasteiger partial charge < -0.3 is 9.47 Å². The maximum absolute atomic E-state index is 13.9. The monoisotopic (exact) mass is 484 g/mol. The maximum Gasteiger partial charge on any atom is 0.277 e. The highest BCUT2D eigenvalue weighted by atomic mass is 19.3. The zero-order valence-electron chi connectivity index (χ0n) is 20.3. The lowest BCUT2D eigenvalue weighted by molar-refractivity contribution is -0.0382. The van der Waals surface area contributed by atoms with Crippen molar-refractivity contribution < 1.29 is 18.3 Å². The topological polar surface area (TPSA) is 78.6 Å². The Kier molecular flexibility index (Phi) is 6.29. The predicted molar refractivity (Wildman–Crippen MR) is 126 cm³/mol. The highest BCUT2D eigenvalue weighted by molar-refractivity contribution is 5.51. The van der Waals surface area contributed by atoms with Gasteiger partial charge in [-0.15, -0.1) is 0 Å². The smallest absolute Gasteiger partial charge is 0.277 e. The highest BCUT2D eigenvalue weighted by Crippen LogP contribution is 2.43. The van der Waals surface area contributed by atoms with Gasteiger partial charge in [0.1, 0.15) is 0 Å². The van der Waals surface area contributed by atoms with Gasteiger partial charge in [0.25, 0.3) is 5.56 Å². The first-order valence-corrected chi connectivity index (χ1v) is 12.2. The largest absolute Gasteiger partial charge is 0.481 e. The summed E-state index contributed by atoms with van der Waals surface area (Å²) < 4.78 is 40.5. The third-order valence-corrected chi connectivity index (χ3v) is 7.51. The van der Waals surface area contributed by atoms with Crippen LogP contribution in [0.5, 0.6) is 5.88 Å². The Morgan fingerprint density at radius 1 is 1.14 bits per heavy atom. The number of alkyl halides is 2. The Morgan fingerprint density at radius 3 is 2.66 bits per heavy atom. The number of pyridine rings is 1. The van der Waals surface area contributed by atoms with E-state index in [1.165, 1.54) is 4.52 Å². The van der Waals surface area contributed by atoms with E-state index in [9.17, 15) is 13.6 Å². The second kappa shape index (κ2) is 9.26. The molecule has 0 aromatic carbocycles. The number of methoxy groups -OCH3 is 1. The molecule has 2 atom stereocenters. The zero-order valence-corrected chi connectivity index (χ0v) is 20.3. The zero-order chi connectivity index (χ0) is 24.7. The van der Waals surface area contributed by atoms with Crippen LogP contribution in [0.25, 0.3) is 5.65 Å². The molecule has 1 aliphatic heterocycles. The molecule has 0 unspecified atom stereocenters. The van der Waals surface area contributed by atoms with Crippen molar-refractivity contribution in [3.05, 3.63) is 62.8 Å². The van der Waals surface area contributed by atoms with Gasteiger partial charge in [-0.2, -0.15) is 9.61 Å². The number of nitrogens with zero attached hydrogens (tertiary/aromatic N) is 4. The van der Waals surface area contributed by atoms with Crippen molar-refractivity contribution in [1.29, 1.82) is 0 Å². The van der Waals surface area contributed by atoms with Gasteiger partial charge in [-0.1, -0.05) is 0 Å². The number of ether oxygens (including phenoxy) is 2. The van der Waals surface area contributed by atoms with E-state index in [-0.39, 0.29) is 36.3 Å². The molecule has 4 heterocycles. The van der Waals surface area contributed by atoms with Crippen molar-refractivity contribution in [2.75, 3.05) is 13.7 Å². The quantitative estimate of drug-likeness (QED) is 0.516. The maximum atomic E-state index is 13.9. The van der Waals surface area contributed by atoms with E-state index in [1.54, 1.807) is 27.2 Å². The van der Waals surface area contributed by atoms with Crippen molar-refractivity contribution in [3.63, 3.8) is 0 Å². The summed E-state index contributed by atoms with van der Waals surface area (Å²) in [6.07, 6.45) is 3.40. The molecule has 3 aromatic rings. The fourth-order valence-corrected chi connectivity index (χ4v) is 5.23. The van der Waals surface area contributed by atoms with Crippen molar-refractivity contribution in [2.45, 2.75) is 76.2 Å². The van der Waals surface area contributed by atoms with Gasteiger partial charge >= 0.3 is 0 Å². The van der Waals surface area contributed by atoms with Crippen LogP contribution in [-0.4, -0.2) is 39.2 Å². The molecule has 7 nitrogen and oxygen atoms in total. The summed E-state index contributed by atoms with van der Waals surface area (Å²) in [5, 5.41) is 4.75. The van der Waals surface area contributed by atoms with E-state index in [0.717, 1.165) is 23.2 Å². The molecule has 2 fully saturated rings. The Balaban J connectivity index is 1.55. The van der Waals surface area contributed by atoms with E-state index in [4.69, 9.17) is 14.6 Å². The Hall–Kier alpha value is -2.94. The molecule has 9 heteroatoms. The second-order valence-electron chi connectivity index (χ2n) is 9.73.